The first-order valence-corrected chi connectivity index (χ1v) is 13.7. The van der Waals surface area contributed by atoms with Gasteiger partial charge in [-0.15, -0.1) is 0 Å². The van der Waals surface area contributed by atoms with Crippen LogP contribution in [-0.2, 0) is 17.1 Å². The molecule has 0 saturated heterocycles. The molecule has 0 atom stereocenters. The van der Waals surface area contributed by atoms with Gasteiger partial charge in [-0.3, -0.25) is 23.4 Å². The van der Waals surface area contributed by atoms with E-state index in [2.05, 4.69) is 26.0 Å². The lowest BCUT2D eigenvalue weighted by atomic mass is 10.2. The summed E-state index contributed by atoms with van der Waals surface area (Å²) in [6.07, 6.45) is 2.41. The molecule has 4 aromatic rings. The maximum absolute atomic E-state index is 13.7. The van der Waals surface area contributed by atoms with Gasteiger partial charge in [0.2, 0.25) is 10.0 Å². The molecular formula is C24H22BrN5O5S. The van der Waals surface area contributed by atoms with E-state index in [1.165, 1.54) is 32.9 Å². The van der Waals surface area contributed by atoms with Crippen LogP contribution in [0, 0.1) is 0 Å². The summed E-state index contributed by atoms with van der Waals surface area (Å²) in [7, 11) is -2.08. The minimum absolute atomic E-state index is 0.102. The van der Waals surface area contributed by atoms with Crippen molar-refractivity contribution in [2.24, 2.45) is 7.05 Å². The molecule has 186 valence electrons. The summed E-state index contributed by atoms with van der Waals surface area (Å²) >= 11 is 3.39. The van der Waals surface area contributed by atoms with E-state index in [-0.39, 0.29) is 28.5 Å². The smallest absolute Gasteiger partial charge is 0.337 e. The number of hydrogen-bond acceptors (Lipinski definition) is 6. The fraction of sp³-hybridized carbons (Fsp3) is 0.208. The molecule has 2 N–H and O–H groups in total. The fourth-order valence-electron chi connectivity index (χ4n) is 4.16. The monoisotopic (exact) mass is 571 g/mol. The molecule has 1 saturated carbocycles. The molecule has 12 heteroatoms. The molecule has 1 aliphatic carbocycles. The first-order chi connectivity index (χ1) is 17.0. The van der Waals surface area contributed by atoms with Gasteiger partial charge < -0.3 is 5.32 Å². The Kier molecular flexibility index (Phi) is 5.87. The molecule has 0 bridgehead atoms. The number of rotatable bonds is 6. The van der Waals surface area contributed by atoms with Gasteiger partial charge in [-0.25, -0.2) is 17.8 Å². The SMILES string of the molecule is Cn1c(=O)cc(Nc2ccc(Br)cc2)c2c(=O)n(C3CC3)c(=O)n(-c3cccc(NS(C)(=O)=O)c3)c21. The molecule has 1 aliphatic rings. The molecular weight excluding hydrogens is 550 g/mol. The molecule has 0 aliphatic heterocycles. The van der Waals surface area contributed by atoms with Crippen molar-refractivity contribution in [1.82, 2.24) is 13.7 Å². The van der Waals surface area contributed by atoms with Crippen molar-refractivity contribution >= 4 is 54.0 Å². The van der Waals surface area contributed by atoms with E-state index in [9.17, 15) is 22.8 Å². The number of nitrogens with zero attached hydrogens (tertiary/aromatic N) is 3. The van der Waals surface area contributed by atoms with Crippen molar-refractivity contribution in [1.29, 1.82) is 0 Å². The van der Waals surface area contributed by atoms with Crippen molar-refractivity contribution in [3.8, 4) is 5.69 Å². The van der Waals surface area contributed by atoms with Crippen molar-refractivity contribution in [2.75, 3.05) is 16.3 Å². The van der Waals surface area contributed by atoms with Crippen LogP contribution in [0.1, 0.15) is 18.9 Å². The van der Waals surface area contributed by atoms with Crippen LogP contribution in [0.5, 0.6) is 0 Å². The van der Waals surface area contributed by atoms with Gasteiger partial charge in [-0.05, 0) is 55.3 Å². The molecule has 2 aromatic carbocycles. The topological polar surface area (TPSA) is 124 Å². The Hall–Kier alpha value is -3.64. The first kappa shape index (κ1) is 24.1. The highest BCUT2D eigenvalue weighted by atomic mass is 79.9. The Bertz CT molecular complexity index is 1800. The predicted molar refractivity (Wildman–Crippen MR) is 143 cm³/mol. The van der Waals surface area contributed by atoms with Gasteiger partial charge in [-0.2, -0.15) is 0 Å². The summed E-state index contributed by atoms with van der Waals surface area (Å²) in [5.74, 6) is 0. The minimum Gasteiger partial charge on any atom is -0.355 e. The van der Waals surface area contributed by atoms with Gasteiger partial charge in [0.05, 0.1) is 23.3 Å². The molecule has 36 heavy (non-hydrogen) atoms. The summed E-state index contributed by atoms with van der Waals surface area (Å²) < 4.78 is 30.6. The highest BCUT2D eigenvalue weighted by Crippen LogP contribution is 2.33. The van der Waals surface area contributed by atoms with E-state index in [1.807, 2.05) is 12.1 Å². The van der Waals surface area contributed by atoms with Gasteiger partial charge >= 0.3 is 5.69 Å². The third-order valence-corrected chi connectivity index (χ3v) is 7.03. The maximum Gasteiger partial charge on any atom is 0.337 e. The Labute approximate surface area is 214 Å². The summed E-state index contributed by atoms with van der Waals surface area (Å²) in [4.78, 5) is 40.4. The lowest BCUT2D eigenvalue weighted by Crippen LogP contribution is -2.41. The van der Waals surface area contributed by atoms with Crippen molar-refractivity contribution < 1.29 is 8.42 Å². The number of halogens is 1. The largest absolute Gasteiger partial charge is 0.355 e. The zero-order chi connectivity index (χ0) is 25.8. The van der Waals surface area contributed by atoms with E-state index in [1.54, 1.807) is 30.3 Å². The molecule has 0 spiro atoms. The second-order valence-corrected chi connectivity index (χ2v) is 11.4. The van der Waals surface area contributed by atoms with E-state index in [0.29, 0.717) is 24.2 Å². The van der Waals surface area contributed by atoms with Crippen LogP contribution in [-0.4, -0.2) is 28.4 Å². The van der Waals surface area contributed by atoms with Gasteiger partial charge in [0.25, 0.3) is 11.1 Å². The van der Waals surface area contributed by atoms with E-state index in [0.717, 1.165) is 10.7 Å². The van der Waals surface area contributed by atoms with Crippen LogP contribution in [0.2, 0.25) is 0 Å². The highest BCUT2D eigenvalue weighted by Gasteiger charge is 2.31. The highest BCUT2D eigenvalue weighted by molar-refractivity contribution is 9.10. The zero-order valence-electron chi connectivity index (χ0n) is 19.4. The van der Waals surface area contributed by atoms with Gasteiger partial charge in [0.1, 0.15) is 11.0 Å². The Morgan fingerprint density at radius 1 is 0.972 bits per heavy atom. The number of nitrogens with one attached hydrogen (secondary N) is 2. The molecule has 5 rings (SSSR count). The average molecular weight is 572 g/mol. The minimum atomic E-state index is -3.57. The average Bonchev–Trinajstić information content (AvgIpc) is 3.63. The van der Waals surface area contributed by atoms with Gasteiger partial charge in [0, 0.05) is 29.3 Å². The summed E-state index contributed by atoms with van der Waals surface area (Å²) in [5.41, 5.74) is 0.0693. The van der Waals surface area contributed by atoms with Crippen LogP contribution < -0.4 is 26.8 Å². The number of hydrogen-bond donors (Lipinski definition) is 2. The van der Waals surface area contributed by atoms with E-state index < -0.39 is 26.8 Å². The Balaban J connectivity index is 1.85. The molecule has 0 amide bonds. The molecule has 2 heterocycles. The quantitative estimate of drug-likeness (QED) is 0.366. The third-order valence-electron chi connectivity index (χ3n) is 5.89. The third kappa shape index (κ3) is 4.49. The van der Waals surface area contributed by atoms with E-state index in [4.69, 9.17) is 0 Å². The molecule has 1 fully saturated rings. The zero-order valence-corrected chi connectivity index (χ0v) is 21.8. The summed E-state index contributed by atoms with van der Waals surface area (Å²) in [6, 6.07) is 14.6. The Morgan fingerprint density at radius 2 is 1.67 bits per heavy atom. The second kappa shape index (κ2) is 8.79. The number of benzene rings is 2. The fourth-order valence-corrected chi connectivity index (χ4v) is 4.98. The normalized spacial score (nSPS) is 13.6. The Morgan fingerprint density at radius 3 is 2.31 bits per heavy atom. The molecule has 10 nitrogen and oxygen atoms in total. The molecule has 0 unspecified atom stereocenters. The van der Waals surface area contributed by atoms with Gasteiger partial charge in [0.15, 0.2) is 0 Å². The second-order valence-electron chi connectivity index (χ2n) is 8.73. The van der Waals surface area contributed by atoms with Crippen LogP contribution in [0.15, 0.2) is 73.5 Å². The maximum atomic E-state index is 13.7. The van der Waals surface area contributed by atoms with Crippen molar-refractivity contribution in [3.63, 3.8) is 0 Å². The molecule has 2 aromatic heterocycles. The number of fused-ring (bicyclic) bond motifs is 1. The summed E-state index contributed by atoms with van der Waals surface area (Å²) in [5, 5.41) is 3.33. The summed E-state index contributed by atoms with van der Waals surface area (Å²) in [6.45, 7) is 0. The number of pyridine rings is 1. The number of aryl methyl sites for hydroxylation is 1. The molecule has 0 radical (unpaired) electrons. The lowest BCUT2D eigenvalue weighted by Gasteiger charge is -2.19. The first-order valence-electron chi connectivity index (χ1n) is 11.1. The van der Waals surface area contributed by atoms with Gasteiger partial charge in [-0.1, -0.05) is 22.0 Å². The number of anilines is 3. The van der Waals surface area contributed by atoms with Crippen molar-refractivity contribution in [2.45, 2.75) is 18.9 Å². The predicted octanol–water partition coefficient (Wildman–Crippen LogP) is 3.06. The standard InChI is InChI=1S/C24H22BrN5O5S/c1-28-20(31)13-19(26-15-8-6-14(25)7-9-15)21-22(28)29(24(33)30(23(21)32)17-10-11-17)18-5-3-4-16(12-18)27-36(2,34)35/h3-9,12-13,17,26-27H,10-11H2,1-2H3. The lowest BCUT2D eigenvalue weighted by molar-refractivity contribution is 0.607. The number of sulfonamides is 1. The van der Waals surface area contributed by atoms with Crippen LogP contribution in [0.4, 0.5) is 17.1 Å². The van der Waals surface area contributed by atoms with Crippen LogP contribution >= 0.6 is 15.9 Å². The van der Waals surface area contributed by atoms with Crippen molar-refractivity contribution in [3.05, 3.63) is 90.3 Å². The van der Waals surface area contributed by atoms with Crippen LogP contribution in [0.3, 0.4) is 0 Å². The number of aromatic nitrogens is 3. The van der Waals surface area contributed by atoms with E-state index >= 15 is 0 Å². The van der Waals surface area contributed by atoms with Crippen LogP contribution in [0.25, 0.3) is 16.7 Å².